The number of hydrogen-bond acceptors (Lipinski definition) is 2. The molecule has 1 aliphatic rings. The summed E-state index contributed by atoms with van der Waals surface area (Å²) < 4.78 is 0. The minimum atomic E-state index is -0.579. The van der Waals surface area contributed by atoms with Crippen LogP contribution in [0.4, 0.5) is 5.69 Å². The molecule has 0 saturated heterocycles. The smallest absolute Gasteiger partial charge is 0.112 e. The lowest BCUT2D eigenvalue weighted by Crippen LogP contribution is -2.12. The Morgan fingerprint density at radius 3 is 2.94 bits per heavy atom. The molecule has 0 bridgehead atoms. The van der Waals surface area contributed by atoms with Crippen molar-refractivity contribution in [3.63, 3.8) is 0 Å². The lowest BCUT2D eigenvalue weighted by molar-refractivity contribution is 0.673. The van der Waals surface area contributed by atoms with E-state index < -0.39 is 5.41 Å². The summed E-state index contributed by atoms with van der Waals surface area (Å²) in [5, 5.41) is 12.3. The molecule has 0 spiro atoms. The van der Waals surface area contributed by atoms with Gasteiger partial charge in [-0.3, -0.25) is 0 Å². The van der Waals surface area contributed by atoms with Crippen molar-refractivity contribution in [2.24, 2.45) is 5.41 Å². The number of nitrogens with one attached hydrogen (secondary N) is 1. The topological polar surface area (TPSA) is 35.8 Å². The second-order valence-electron chi connectivity index (χ2n) is 4.85. The fourth-order valence-electron chi connectivity index (χ4n) is 1.88. The molecular weight excluding hydrogens is 208 g/mol. The quantitative estimate of drug-likeness (QED) is 0.688. The fraction of sp³-hybridized carbons (Fsp3) is 0.400. The van der Waals surface area contributed by atoms with Crippen molar-refractivity contribution < 1.29 is 0 Å². The second-order valence-corrected chi connectivity index (χ2v) is 4.85. The molecule has 0 aromatic heterocycles. The summed E-state index contributed by atoms with van der Waals surface area (Å²) in [6.07, 6.45) is 2.22. The Bertz CT molecular complexity index is 524. The number of anilines is 1. The van der Waals surface area contributed by atoms with Crippen LogP contribution in [0.15, 0.2) is 18.2 Å². The number of nitriles is 1. The number of benzene rings is 1. The Kier molecular flexibility index (Phi) is 3.07. The van der Waals surface area contributed by atoms with Crippen molar-refractivity contribution in [2.75, 3.05) is 11.9 Å². The molecule has 86 valence electrons. The molecule has 1 aliphatic heterocycles. The van der Waals surface area contributed by atoms with Crippen LogP contribution in [0.25, 0.3) is 0 Å². The monoisotopic (exact) mass is 224 g/mol. The predicted octanol–water partition coefficient (Wildman–Crippen LogP) is 2.95. The Morgan fingerprint density at radius 2 is 2.18 bits per heavy atom. The maximum Gasteiger partial charge on any atom is 0.112 e. The Balaban J connectivity index is 2.38. The zero-order valence-electron chi connectivity index (χ0n) is 10.3. The van der Waals surface area contributed by atoms with Crippen molar-refractivity contribution in [1.29, 1.82) is 5.26 Å². The first-order chi connectivity index (χ1) is 8.12. The maximum atomic E-state index is 8.95. The predicted molar refractivity (Wildman–Crippen MR) is 69.5 cm³/mol. The summed E-state index contributed by atoms with van der Waals surface area (Å²) in [5.74, 6) is 6.19. The first-order valence-corrected chi connectivity index (χ1v) is 5.92. The minimum absolute atomic E-state index is 0.579. The van der Waals surface area contributed by atoms with Gasteiger partial charge in [0.2, 0.25) is 0 Å². The summed E-state index contributed by atoms with van der Waals surface area (Å²) >= 11 is 0. The summed E-state index contributed by atoms with van der Waals surface area (Å²) in [6.45, 7) is 4.72. The van der Waals surface area contributed by atoms with Gasteiger partial charge in [-0.15, -0.1) is 0 Å². The van der Waals surface area contributed by atoms with E-state index in [1.807, 2.05) is 26.0 Å². The van der Waals surface area contributed by atoms with E-state index in [4.69, 9.17) is 5.26 Å². The third-order valence-electron chi connectivity index (χ3n) is 2.88. The molecule has 2 rings (SSSR count). The number of fused-ring (bicyclic) bond motifs is 1. The fourth-order valence-corrected chi connectivity index (χ4v) is 1.88. The van der Waals surface area contributed by atoms with Crippen LogP contribution < -0.4 is 5.32 Å². The van der Waals surface area contributed by atoms with E-state index in [0.29, 0.717) is 0 Å². The number of hydrogen-bond donors (Lipinski definition) is 1. The van der Waals surface area contributed by atoms with Gasteiger partial charge in [0.1, 0.15) is 5.41 Å². The summed E-state index contributed by atoms with van der Waals surface area (Å²) in [6, 6.07) is 8.34. The van der Waals surface area contributed by atoms with Crippen LogP contribution >= 0.6 is 0 Å². The maximum absolute atomic E-state index is 8.95. The lowest BCUT2D eigenvalue weighted by atomic mass is 9.94. The van der Waals surface area contributed by atoms with E-state index in [1.54, 1.807) is 0 Å². The van der Waals surface area contributed by atoms with Crippen LogP contribution in [0.2, 0.25) is 0 Å². The highest BCUT2D eigenvalue weighted by molar-refractivity contribution is 5.60. The van der Waals surface area contributed by atoms with Gasteiger partial charge >= 0.3 is 0 Å². The van der Waals surface area contributed by atoms with Crippen molar-refractivity contribution in [1.82, 2.24) is 0 Å². The highest BCUT2D eigenvalue weighted by atomic mass is 14.9. The third-order valence-corrected chi connectivity index (χ3v) is 2.88. The molecule has 0 unspecified atom stereocenters. The van der Waals surface area contributed by atoms with Crippen LogP contribution in [-0.4, -0.2) is 6.54 Å². The Hall–Kier alpha value is -1.93. The van der Waals surface area contributed by atoms with Gasteiger partial charge in [0.05, 0.1) is 6.07 Å². The average molecular weight is 224 g/mol. The second kappa shape index (κ2) is 4.52. The number of rotatable bonds is 0. The van der Waals surface area contributed by atoms with Crippen LogP contribution in [-0.2, 0) is 6.42 Å². The van der Waals surface area contributed by atoms with Gasteiger partial charge in [-0.2, -0.15) is 5.26 Å². The molecule has 0 fully saturated rings. The Labute approximate surface area is 103 Å². The van der Waals surface area contributed by atoms with Crippen molar-refractivity contribution >= 4 is 5.69 Å². The van der Waals surface area contributed by atoms with Crippen molar-refractivity contribution in [3.8, 4) is 17.9 Å². The summed E-state index contributed by atoms with van der Waals surface area (Å²) in [7, 11) is 0. The van der Waals surface area contributed by atoms with E-state index in [2.05, 4.69) is 29.3 Å². The molecule has 1 heterocycles. The first kappa shape index (κ1) is 11.6. The van der Waals surface area contributed by atoms with E-state index in [9.17, 15) is 0 Å². The van der Waals surface area contributed by atoms with E-state index in [0.717, 1.165) is 24.9 Å². The molecule has 1 N–H and O–H groups in total. The zero-order valence-corrected chi connectivity index (χ0v) is 10.3. The molecule has 0 radical (unpaired) electrons. The van der Waals surface area contributed by atoms with Crippen LogP contribution in [0, 0.1) is 28.6 Å². The normalized spacial score (nSPS) is 13.7. The summed E-state index contributed by atoms with van der Waals surface area (Å²) in [5.41, 5.74) is 2.96. The molecular formula is C15H16N2. The highest BCUT2D eigenvalue weighted by Gasteiger charge is 2.13. The molecule has 1 aromatic carbocycles. The van der Waals surface area contributed by atoms with Gasteiger partial charge < -0.3 is 5.32 Å². The standard InChI is InChI=1S/C15H16N2/c1-15(2,11-16)9-8-12-5-3-7-14-13(12)6-4-10-17-14/h3,5,7,17H,4,6,10H2,1-2H3. The third kappa shape index (κ3) is 2.60. The van der Waals surface area contributed by atoms with Gasteiger partial charge in [-0.25, -0.2) is 0 Å². The summed E-state index contributed by atoms with van der Waals surface area (Å²) in [4.78, 5) is 0. The van der Waals surface area contributed by atoms with Crippen molar-refractivity contribution in [3.05, 3.63) is 29.3 Å². The van der Waals surface area contributed by atoms with E-state index >= 15 is 0 Å². The van der Waals surface area contributed by atoms with Gasteiger partial charge in [-0.05, 0) is 44.4 Å². The average Bonchev–Trinajstić information content (AvgIpc) is 2.36. The largest absolute Gasteiger partial charge is 0.385 e. The van der Waals surface area contributed by atoms with Gasteiger partial charge in [0.25, 0.3) is 0 Å². The molecule has 0 amide bonds. The highest BCUT2D eigenvalue weighted by Crippen LogP contribution is 2.25. The van der Waals surface area contributed by atoms with Gasteiger partial charge in [0.15, 0.2) is 0 Å². The van der Waals surface area contributed by atoms with Crippen LogP contribution in [0.5, 0.6) is 0 Å². The van der Waals surface area contributed by atoms with Gasteiger partial charge in [-0.1, -0.05) is 17.9 Å². The molecule has 0 aliphatic carbocycles. The minimum Gasteiger partial charge on any atom is -0.385 e. The van der Waals surface area contributed by atoms with Crippen molar-refractivity contribution in [2.45, 2.75) is 26.7 Å². The molecule has 0 atom stereocenters. The molecule has 1 aromatic rings. The van der Waals surface area contributed by atoms with E-state index in [1.165, 1.54) is 11.3 Å². The number of nitrogens with zero attached hydrogens (tertiary/aromatic N) is 1. The molecule has 2 nitrogen and oxygen atoms in total. The van der Waals surface area contributed by atoms with Crippen LogP contribution in [0.3, 0.4) is 0 Å². The molecule has 2 heteroatoms. The van der Waals surface area contributed by atoms with Crippen LogP contribution in [0.1, 0.15) is 31.4 Å². The Morgan fingerprint density at radius 1 is 1.35 bits per heavy atom. The molecule has 17 heavy (non-hydrogen) atoms. The first-order valence-electron chi connectivity index (χ1n) is 5.92. The lowest BCUT2D eigenvalue weighted by Gasteiger charge is -2.19. The molecule has 0 saturated carbocycles. The van der Waals surface area contributed by atoms with E-state index in [-0.39, 0.29) is 0 Å². The SMILES string of the molecule is CC(C)(C#N)C#Cc1cccc2c1CCCN2. The van der Waals surface area contributed by atoms with Gasteiger partial charge in [0, 0.05) is 17.8 Å². The zero-order chi connectivity index (χ0) is 12.3.